The lowest BCUT2D eigenvalue weighted by molar-refractivity contribution is -0.142. The van der Waals surface area contributed by atoms with Crippen molar-refractivity contribution in [3.05, 3.63) is 35.4 Å². The molecule has 0 radical (unpaired) electrons. The van der Waals surface area contributed by atoms with Crippen molar-refractivity contribution >= 4 is 5.97 Å². The number of carbonyl (C=O) groups excluding carboxylic acids is 1. The maximum atomic E-state index is 11.5. The van der Waals surface area contributed by atoms with Crippen LogP contribution in [0.1, 0.15) is 30.0 Å². The maximum Gasteiger partial charge on any atom is 0.319 e. The summed E-state index contributed by atoms with van der Waals surface area (Å²) in [5.41, 5.74) is 2.64. The number of hydrogen-bond acceptors (Lipinski definition) is 4. The molecule has 4 heteroatoms. The molecule has 1 aliphatic carbocycles. The average Bonchev–Trinajstić information content (AvgIpc) is 2.46. The Labute approximate surface area is 114 Å². The van der Waals surface area contributed by atoms with Crippen molar-refractivity contribution in [1.29, 1.82) is 0 Å². The zero-order valence-corrected chi connectivity index (χ0v) is 11.3. The minimum Gasteiger partial charge on any atom is -0.468 e. The SMILES string of the molecule is COC(=O)CN(CCO)C1CCCc2ccccc21. The van der Waals surface area contributed by atoms with Crippen LogP contribution in [0.3, 0.4) is 0 Å². The smallest absolute Gasteiger partial charge is 0.319 e. The Balaban J connectivity index is 2.20. The molecule has 4 nitrogen and oxygen atoms in total. The summed E-state index contributed by atoms with van der Waals surface area (Å²) in [5, 5.41) is 9.21. The second kappa shape index (κ2) is 6.68. The third kappa shape index (κ3) is 3.33. The van der Waals surface area contributed by atoms with Crippen LogP contribution >= 0.6 is 0 Å². The Bertz CT molecular complexity index is 433. The number of aliphatic hydroxyl groups is 1. The molecule has 1 aromatic rings. The van der Waals surface area contributed by atoms with E-state index in [-0.39, 0.29) is 25.2 Å². The van der Waals surface area contributed by atoms with Crippen LogP contribution in [0.5, 0.6) is 0 Å². The lowest BCUT2D eigenvalue weighted by Crippen LogP contribution is -2.37. The van der Waals surface area contributed by atoms with Crippen LogP contribution in [0.15, 0.2) is 24.3 Å². The van der Waals surface area contributed by atoms with Gasteiger partial charge in [0.2, 0.25) is 0 Å². The number of benzene rings is 1. The fourth-order valence-corrected chi connectivity index (χ4v) is 2.81. The predicted molar refractivity (Wildman–Crippen MR) is 72.8 cm³/mol. The second-order valence-electron chi connectivity index (χ2n) is 4.88. The molecule has 1 unspecified atom stereocenters. The van der Waals surface area contributed by atoms with Gasteiger partial charge in [-0.15, -0.1) is 0 Å². The number of ether oxygens (including phenoxy) is 1. The van der Waals surface area contributed by atoms with Gasteiger partial charge in [-0.2, -0.15) is 0 Å². The Morgan fingerprint density at radius 1 is 1.47 bits per heavy atom. The number of carbonyl (C=O) groups is 1. The molecular weight excluding hydrogens is 242 g/mol. The van der Waals surface area contributed by atoms with E-state index in [1.54, 1.807) is 0 Å². The average molecular weight is 263 g/mol. The number of methoxy groups -OCH3 is 1. The summed E-state index contributed by atoms with van der Waals surface area (Å²) in [7, 11) is 1.40. The number of aryl methyl sites for hydroxylation is 1. The monoisotopic (exact) mass is 263 g/mol. The van der Waals surface area contributed by atoms with Gasteiger partial charge in [0.05, 0.1) is 20.3 Å². The molecule has 1 aliphatic rings. The van der Waals surface area contributed by atoms with Gasteiger partial charge in [-0.3, -0.25) is 9.69 Å². The zero-order valence-electron chi connectivity index (χ0n) is 11.3. The minimum atomic E-state index is -0.253. The van der Waals surface area contributed by atoms with Gasteiger partial charge in [-0.1, -0.05) is 24.3 Å². The van der Waals surface area contributed by atoms with Crippen LogP contribution in [-0.2, 0) is 16.0 Å². The molecule has 0 fully saturated rings. The topological polar surface area (TPSA) is 49.8 Å². The highest BCUT2D eigenvalue weighted by Gasteiger charge is 2.26. The minimum absolute atomic E-state index is 0.0513. The first kappa shape index (κ1) is 14.0. The van der Waals surface area contributed by atoms with E-state index in [9.17, 15) is 9.90 Å². The van der Waals surface area contributed by atoms with Crippen molar-refractivity contribution < 1.29 is 14.6 Å². The first-order chi connectivity index (χ1) is 9.26. The summed E-state index contributed by atoms with van der Waals surface area (Å²) in [4.78, 5) is 13.5. The summed E-state index contributed by atoms with van der Waals surface area (Å²) < 4.78 is 4.74. The molecule has 1 N–H and O–H groups in total. The standard InChI is InChI=1S/C15H21NO3/c1-19-15(18)11-16(9-10-17)14-8-4-6-12-5-2-3-7-13(12)14/h2-3,5,7,14,17H,4,6,8-11H2,1H3. The molecule has 19 heavy (non-hydrogen) atoms. The van der Waals surface area contributed by atoms with Crippen molar-refractivity contribution in [2.24, 2.45) is 0 Å². The number of esters is 1. The van der Waals surface area contributed by atoms with E-state index in [1.807, 2.05) is 11.0 Å². The van der Waals surface area contributed by atoms with E-state index in [0.717, 1.165) is 19.3 Å². The third-order valence-corrected chi connectivity index (χ3v) is 3.73. The lowest BCUT2D eigenvalue weighted by atomic mass is 9.87. The van der Waals surface area contributed by atoms with E-state index < -0.39 is 0 Å². The molecule has 0 aromatic heterocycles. The molecule has 2 rings (SSSR count). The van der Waals surface area contributed by atoms with Crippen LogP contribution in [0.2, 0.25) is 0 Å². The fourth-order valence-electron chi connectivity index (χ4n) is 2.81. The number of fused-ring (bicyclic) bond motifs is 1. The van der Waals surface area contributed by atoms with Crippen LogP contribution in [-0.4, -0.2) is 42.8 Å². The van der Waals surface area contributed by atoms with Gasteiger partial charge in [0, 0.05) is 12.6 Å². The third-order valence-electron chi connectivity index (χ3n) is 3.73. The normalized spacial score (nSPS) is 18.2. The van der Waals surface area contributed by atoms with E-state index in [2.05, 4.69) is 18.2 Å². The molecule has 1 aromatic carbocycles. The molecule has 0 saturated heterocycles. The van der Waals surface area contributed by atoms with E-state index in [0.29, 0.717) is 6.54 Å². The Kier molecular flexibility index (Phi) is 4.93. The number of rotatable bonds is 5. The van der Waals surface area contributed by atoms with Gasteiger partial charge < -0.3 is 9.84 Å². The van der Waals surface area contributed by atoms with E-state index in [1.165, 1.54) is 18.2 Å². The molecule has 0 heterocycles. The molecule has 0 amide bonds. The zero-order chi connectivity index (χ0) is 13.7. The summed E-state index contributed by atoms with van der Waals surface area (Å²) in [5.74, 6) is -0.253. The maximum absolute atomic E-state index is 11.5. The summed E-state index contributed by atoms with van der Waals surface area (Å²) in [6, 6.07) is 8.57. The predicted octanol–water partition coefficient (Wildman–Crippen LogP) is 1.53. The van der Waals surface area contributed by atoms with Crippen LogP contribution in [0.4, 0.5) is 0 Å². The number of nitrogens with zero attached hydrogens (tertiary/aromatic N) is 1. The van der Waals surface area contributed by atoms with Gasteiger partial charge in [0.1, 0.15) is 0 Å². The van der Waals surface area contributed by atoms with Crippen molar-refractivity contribution in [2.45, 2.75) is 25.3 Å². The molecule has 1 atom stereocenters. The van der Waals surface area contributed by atoms with Crippen LogP contribution < -0.4 is 0 Å². The molecule has 0 saturated carbocycles. The molecule has 0 spiro atoms. The molecule has 104 valence electrons. The van der Waals surface area contributed by atoms with Gasteiger partial charge in [-0.05, 0) is 30.4 Å². The molecule has 0 bridgehead atoms. The highest BCUT2D eigenvalue weighted by molar-refractivity contribution is 5.71. The molecule has 0 aliphatic heterocycles. The first-order valence-corrected chi connectivity index (χ1v) is 6.75. The van der Waals surface area contributed by atoms with Gasteiger partial charge in [-0.25, -0.2) is 0 Å². The fraction of sp³-hybridized carbons (Fsp3) is 0.533. The largest absolute Gasteiger partial charge is 0.468 e. The van der Waals surface area contributed by atoms with Gasteiger partial charge >= 0.3 is 5.97 Å². The number of aliphatic hydroxyl groups excluding tert-OH is 1. The van der Waals surface area contributed by atoms with Gasteiger partial charge in [0.15, 0.2) is 0 Å². The van der Waals surface area contributed by atoms with Crippen molar-refractivity contribution in [2.75, 3.05) is 26.8 Å². The van der Waals surface area contributed by atoms with Crippen molar-refractivity contribution in [3.8, 4) is 0 Å². The van der Waals surface area contributed by atoms with E-state index >= 15 is 0 Å². The quantitative estimate of drug-likeness (QED) is 0.819. The Morgan fingerprint density at radius 2 is 2.26 bits per heavy atom. The Morgan fingerprint density at radius 3 is 3.00 bits per heavy atom. The lowest BCUT2D eigenvalue weighted by Gasteiger charge is -2.34. The van der Waals surface area contributed by atoms with Crippen molar-refractivity contribution in [1.82, 2.24) is 4.90 Å². The number of hydrogen-bond donors (Lipinski definition) is 1. The highest BCUT2D eigenvalue weighted by atomic mass is 16.5. The first-order valence-electron chi connectivity index (χ1n) is 6.75. The highest BCUT2D eigenvalue weighted by Crippen LogP contribution is 2.33. The summed E-state index contributed by atoms with van der Waals surface area (Å²) in [6.07, 6.45) is 3.23. The second-order valence-corrected chi connectivity index (χ2v) is 4.88. The van der Waals surface area contributed by atoms with Crippen LogP contribution in [0.25, 0.3) is 0 Å². The molecular formula is C15H21NO3. The Hall–Kier alpha value is -1.39. The van der Waals surface area contributed by atoms with Crippen LogP contribution in [0, 0.1) is 0 Å². The summed E-state index contributed by atoms with van der Waals surface area (Å²) >= 11 is 0. The summed E-state index contributed by atoms with van der Waals surface area (Å²) in [6.45, 7) is 0.778. The van der Waals surface area contributed by atoms with Gasteiger partial charge in [0.25, 0.3) is 0 Å². The van der Waals surface area contributed by atoms with E-state index in [4.69, 9.17) is 4.74 Å². The van der Waals surface area contributed by atoms with Crippen molar-refractivity contribution in [3.63, 3.8) is 0 Å².